The number of ether oxygens (including phenoxy) is 2. The Morgan fingerprint density at radius 1 is 0.478 bits per heavy atom. The van der Waals surface area contributed by atoms with Crippen molar-refractivity contribution in [1.29, 1.82) is 0 Å². The highest BCUT2D eigenvalue weighted by molar-refractivity contribution is 7.47. The van der Waals surface area contributed by atoms with E-state index in [-0.39, 0.29) is 13.0 Å². The molecule has 1 rings (SSSR count). The van der Waals surface area contributed by atoms with Crippen LogP contribution in [-0.2, 0) is 27.9 Å². The SMILES string of the molecule is CC/C=C\C/C=C\C/C=C\C/C=C\C/C=C\C/C=C\C/C=C\CCCC(=O)OC(COCCCCCCCCCCCCCCCCCCCCC)COP(=O)(O)OC1C(O)C(O)C(O)C(O)C1O. The average molecular weight is 993 g/mol. The van der Waals surface area contributed by atoms with E-state index in [9.17, 15) is 39.8 Å². The predicted octanol–water partition coefficient (Wildman–Crippen LogP) is 12.5. The summed E-state index contributed by atoms with van der Waals surface area (Å²) < 4.78 is 34.3. The maximum atomic E-state index is 12.9. The first-order chi connectivity index (χ1) is 33.5. The second-order valence-corrected chi connectivity index (χ2v) is 19.8. The maximum Gasteiger partial charge on any atom is 0.472 e. The minimum absolute atomic E-state index is 0.102. The van der Waals surface area contributed by atoms with Gasteiger partial charge in [0, 0.05) is 13.0 Å². The molecule has 0 saturated heterocycles. The van der Waals surface area contributed by atoms with Crippen LogP contribution in [0.5, 0.6) is 0 Å². The second-order valence-electron chi connectivity index (χ2n) is 18.4. The van der Waals surface area contributed by atoms with Crippen molar-refractivity contribution in [1.82, 2.24) is 0 Å². The zero-order chi connectivity index (χ0) is 50.5. The van der Waals surface area contributed by atoms with Gasteiger partial charge in [-0.15, -0.1) is 0 Å². The maximum absolute atomic E-state index is 12.9. The molecule has 1 aliphatic carbocycles. The fourth-order valence-electron chi connectivity index (χ4n) is 7.82. The lowest BCUT2D eigenvalue weighted by Gasteiger charge is -2.41. The fraction of sp³-hybridized carbons (Fsp3) is 0.732. The van der Waals surface area contributed by atoms with Gasteiger partial charge in [0.25, 0.3) is 0 Å². The highest BCUT2D eigenvalue weighted by atomic mass is 31.2. The number of unbranched alkanes of at least 4 members (excludes halogenated alkanes) is 19. The van der Waals surface area contributed by atoms with Crippen LogP contribution >= 0.6 is 7.82 Å². The third-order valence-electron chi connectivity index (χ3n) is 12.0. The Hall–Kier alpha value is -2.48. The van der Waals surface area contributed by atoms with E-state index in [1.807, 2.05) is 12.2 Å². The van der Waals surface area contributed by atoms with Crippen molar-refractivity contribution in [3.05, 3.63) is 85.1 Å². The molecule has 398 valence electrons. The van der Waals surface area contributed by atoms with Crippen LogP contribution in [0.15, 0.2) is 85.1 Å². The molecule has 0 spiro atoms. The van der Waals surface area contributed by atoms with E-state index in [1.54, 1.807) is 0 Å². The fourth-order valence-corrected chi connectivity index (χ4v) is 8.79. The smallest absolute Gasteiger partial charge is 0.457 e. The number of carbonyl (C=O) groups excluding carboxylic acids is 1. The highest BCUT2D eigenvalue weighted by Gasteiger charge is 2.51. The summed E-state index contributed by atoms with van der Waals surface area (Å²) in [4.78, 5) is 23.2. The molecule has 0 aromatic rings. The molecule has 0 amide bonds. The van der Waals surface area contributed by atoms with Gasteiger partial charge in [0.2, 0.25) is 0 Å². The van der Waals surface area contributed by atoms with Crippen molar-refractivity contribution in [3.8, 4) is 0 Å². The van der Waals surface area contributed by atoms with Gasteiger partial charge in [-0.05, 0) is 64.2 Å². The minimum atomic E-state index is -5.04. The Morgan fingerprint density at radius 2 is 0.841 bits per heavy atom. The van der Waals surface area contributed by atoms with E-state index < -0.39 is 63.1 Å². The Kier molecular flexibility index (Phi) is 42.5. The van der Waals surface area contributed by atoms with Crippen LogP contribution in [0.3, 0.4) is 0 Å². The first-order valence-corrected chi connectivity index (χ1v) is 28.4. The number of aliphatic hydroxyl groups excluding tert-OH is 5. The first-order valence-electron chi connectivity index (χ1n) is 26.9. The normalized spacial score (nSPS) is 21.7. The van der Waals surface area contributed by atoms with Crippen LogP contribution in [0.1, 0.15) is 200 Å². The van der Waals surface area contributed by atoms with Gasteiger partial charge < -0.3 is 39.9 Å². The molecule has 1 saturated carbocycles. The van der Waals surface area contributed by atoms with E-state index in [0.29, 0.717) is 19.4 Å². The molecule has 0 bridgehead atoms. The number of phosphoric ester groups is 1. The standard InChI is InChI=1S/C56H97O12P/c1-3-5-7-9-11-13-15-17-19-21-23-24-25-26-27-29-31-33-35-37-39-41-43-45-50(57)67-49(48-66-69(63,64)68-56-54(61)52(59)51(58)53(60)55(56)62)47-65-46-44-42-40-38-36-34-32-30-28-22-20-18-16-14-12-10-8-6-4-2/h5,7,11,13,17,19,23-24,26-27,31,33,37,39,49,51-56,58-62H,3-4,6,8-10,12,14-16,18,20-22,25,28-30,32,34-36,38,40-48H2,1-2H3,(H,63,64)/b7-5-,13-11-,19-17-,24-23-,27-26-,33-31-,39-37-. The summed E-state index contributed by atoms with van der Waals surface area (Å²) in [6, 6.07) is 0. The van der Waals surface area contributed by atoms with Gasteiger partial charge >= 0.3 is 13.8 Å². The van der Waals surface area contributed by atoms with Crippen molar-refractivity contribution in [2.24, 2.45) is 0 Å². The van der Waals surface area contributed by atoms with Crippen LogP contribution < -0.4 is 0 Å². The number of hydrogen-bond donors (Lipinski definition) is 6. The van der Waals surface area contributed by atoms with Gasteiger partial charge in [0.1, 0.15) is 42.7 Å². The zero-order valence-corrected chi connectivity index (χ0v) is 43.7. The van der Waals surface area contributed by atoms with E-state index >= 15 is 0 Å². The molecule has 0 aliphatic heterocycles. The molecule has 6 unspecified atom stereocenters. The van der Waals surface area contributed by atoms with Gasteiger partial charge in [0.15, 0.2) is 0 Å². The zero-order valence-electron chi connectivity index (χ0n) is 42.8. The molecule has 6 atom stereocenters. The van der Waals surface area contributed by atoms with Gasteiger partial charge in [-0.2, -0.15) is 0 Å². The average Bonchev–Trinajstić information content (AvgIpc) is 3.34. The van der Waals surface area contributed by atoms with Crippen LogP contribution in [0.25, 0.3) is 0 Å². The van der Waals surface area contributed by atoms with E-state index in [1.165, 1.54) is 103 Å². The Bertz CT molecular complexity index is 1460. The summed E-state index contributed by atoms with van der Waals surface area (Å²) in [6.07, 6.45) is 49.4. The van der Waals surface area contributed by atoms with Crippen molar-refractivity contribution in [3.63, 3.8) is 0 Å². The van der Waals surface area contributed by atoms with Crippen LogP contribution in [-0.4, -0.2) is 98.9 Å². The van der Waals surface area contributed by atoms with Crippen molar-refractivity contribution < 1.29 is 58.3 Å². The van der Waals surface area contributed by atoms with E-state index in [2.05, 4.69) is 86.8 Å². The number of allylic oxidation sites excluding steroid dienone is 14. The van der Waals surface area contributed by atoms with Gasteiger partial charge in [-0.1, -0.05) is 214 Å². The summed E-state index contributed by atoms with van der Waals surface area (Å²) in [5.74, 6) is -0.534. The Labute approximate surface area is 418 Å². The number of carbonyl (C=O) groups is 1. The van der Waals surface area contributed by atoms with Crippen LogP contribution in [0.4, 0.5) is 0 Å². The molecular formula is C56H97O12P. The molecule has 6 N–H and O–H groups in total. The number of esters is 1. The molecule has 0 aromatic heterocycles. The predicted molar refractivity (Wildman–Crippen MR) is 281 cm³/mol. The number of rotatable bonds is 45. The Balaban J connectivity index is 2.38. The van der Waals surface area contributed by atoms with Crippen molar-refractivity contribution in [2.75, 3.05) is 19.8 Å². The van der Waals surface area contributed by atoms with Crippen LogP contribution in [0.2, 0.25) is 0 Å². The Morgan fingerprint density at radius 3 is 1.25 bits per heavy atom. The van der Waals surface area contributed by atoms with Crippen LogP contribution in [0, 0.1) is 0 Å². The van der Waals surface area contributed by atoms with Crippen molar-refractivity contribution in [2.45, 2.75) is 243 Å². The first kappa shape index (κ1) is 64.5. The molecule has 0 heterocycles. The second kappa shape index (κ2) is 45.4. The molecule has 0 radical (unpaired) electrons. The highest BCUT2D eigenvalue weighted by Crippen LogP contribution is 2.47. The summed E-state index contributed by atoms with van der Waals surface area (Å²) in [5.41, 5.74) is 0. The number of aliphatic hydroxyl groups is 5. The summed E-state index contributed by atoms with van der Waals surface area (Å²) in [5, 5.41) is 50.4. The van der Waals surface area contributed by atoms with E-state index in [0.717, 1.165) is 64.2 Å². The third kappa shape index (κ3) is 37.0. The number of hydrogen-bond acceptors (Lipinski definition) is 11. The summed E-state index contributed by atoms with van der Waals surface area (Å²) in [7, 11) is -5.04. The lowest BCUT2D eigenvalue weighted by molar-refractivity contribution is -0.220. The topological polar surface area (TPSA) is 192 Å². The summed E-state index contributed by atoms with van der Waals surface area (Å²) >= 11 is 0. The molecule has 0 aromatic carbocycles. The quantitative estimate of drug-likeness (QED) is 0.0147. The lowest BCUT2D eigenvalue weighted by Crippen LogP contribution is -2.64. The lowest BCUT2D eigenvalue weighted by atomic mass is 9.85. The molecule has 1 aliphatic rings. The number of phosphoric acid groups is 1. The largest absolute Gasteiger partial charge is 0.472 e. The van der Waals surface area contributed by atoms with Gasteiger partial charge in [-0.25, -0.2) is 4.57 Å². The molecule has 1 fully saturated rings. The molecule has 13 heteroatoms. The molecule has 69 heavy (non-hydrogen) atoms. The van der Waals surface area contributed by atoms with Gasteiger partial charge in [0.05, 0.1) is 13.2 Å². The summed E-state index contributed by atoms with van der Waals surface area (Å²) in [6.45, 7) is 4.11. The third-order valence-corrected chi connectivity index (χ3v) is 13.0. The monoisotopic (exact) mass is 993 g/mol. The molecular weight excluding hydrogens is 896 g/mol. The van der Waals surface area contributed by atoms with E-state index in [4.69, 9.17) is 18.5 Å². The van der Waals surface area contributed by atoms with Crippen molar-refractivity contribution >= 4 is 13.8 Å². The minimum Gasteiger partial charge on any atom is -0.457 e. The van der Waals surface area contributed by atoms with Gasteiger partial charge in [-0.3, -0.25) is 13.8 Å². The molecule has 12 nitrogen and oxygen atoms in total.